The number of urea groups is 1. The Morgan fingerprint density at radius 2 is 1.71 bits per heavy atom. The third-order valence-corrected chi connectivity index (χ3v) is 6.20. The Labute approximate surface area is 196 Å². The van der Waals surface area contributed by atoms with Crippen molar-refractivity contribution in [2.24, 2.45) is 0 Å². The van der Waals surface area contributed by atoms with Crippen molar-refractivity contribution in [1.29, 1.82) is 0 Å². The van der Waals surface area contributed by atoms with Gasteiger partial charge in [0, 0.05) is 23.6 Å². The van der Waals surface area contributed by atoms with E-state index >= 15 is 0 Å². The van der Waals surface area contributed by atoms with Gasteiger partial charge in [-0.1, -0.05) is 30.3 Å². The smallest absolute Gasteiger partial charge is 0.322 e. The van der Waals surface area contributed by atoms with E-state index in [0.717, 1.165) is 22.5 Å². The normalized spacial score (nSPS) is 16.3. The fraction of sp³-hybridized carbons (Fsp3) is 0.148. The minimum Gasteiger partial charge on any atom is -0.486 e. The monoisotopic (exact) mass is 455 g/mol. The summed E-state index contributed by atoms with van der Waals surface area (Å²) >= 11 is 0. The molecule has 3 aromatic carbocycles. The van der Waals surface area contributed by atoms with Crippen LogP contribution in [-0.2, 0) is 6.54 Å². The Morgan fingerprint density at radius 1 is 0.912 bits per heavy atom. The number of para-hydroxylation sites is 1. The van der Waals surface area contributed by atoms with E-state index < -0.39 is 6.04 Å². The van der Waals surface area contributed by atoms with Crippen LogP contribution >= 0.6 is 0 Å². The van der Waals surface area contributed by atoms with Crippen molar-refractivity contribution in [3.8, 4) is 17.2 Å². The maximum absolute atomic E-state index is 13.7. The van der Waals surface area contributed by atoms with Crippen LogP contribution in [0.3, 0.4) is 0 Å². The molecule has 2 amide bonds. The number of carbonyl (C=O) groups excluding carboxylic acids is 1. The lowest BCUT2D eigenvalue weighted by Crippen LogP contribution is -2.38. The molecule has 0 aliphatic carbocycles. The highest BCUT2D eigenvalue weighted by atomic mass is 19.1. The number of amides is 2. The minimum absolute atomic E-state index is 0.268. The van der Waals surface area contributed by atoms with Crippen LogP contribution in [0.25, 0.3) is 5.69 Å². The predicted molar refractivity (Wildman–Crippen MR) is 126 cm³/mol. The standard InChI is InChI=1S/C27H22FN3O3/c28-20-9-7-18(8-10-20)26-23-6-3-13-30(23)22-5-2-1-4-19(22)17-31(26)27(32)29-21-11-12-24-25(16-21)34-15-14-33-24/h1-13,16,26H,14-15,17H2,(H,29,32)/t26-/m0/s1. The van der Waals surface area contributed by atoms with Gasteiger partial charge in [0.1, 0.15) is 19.0 Å². The van der Waals surface area contributed by atoms with E-state index in [4.69, 9.17) is 9.47 Å². The maximum Gasteiger partial charge on any atom is 0.322 e. The zero-order valence-corrected chi connectivity index (χ0v) is 18.3. The molecule has 4 aromatic rings. The van der Waals surface area contributed by atoms with Crippen molar-refractivity contribution in [3.05, 3.63) is 108 Å². The Hall–Kier alpha value is -4.26. The van der Waals surface area contributed by atoms with Gasteiger partial charge in [-0.05, 0) is 53.6 Å². The Balaban J connectivity index is 1.42. The lowest BCUT2D eigenvalue weighted by Gasteiger charge is -2.31. The van der Waals surface area contributed by atoms with Crippen LogP contribution in [-0.4, -0.2) is 28.7 Å². The van der Waals surface area contributed by atoms with Crippen molar-refractivity contribution in [2.75, 3.05) is 18.5 Å². The van der Waals surface area contributed by atoms with Gasteiger partial charge in [0.2, 0.25) is 0 Å². The van der Waals surface area contributed by atoms with Gasteiger partial charge in [-0.2, -0.15) is 0 Å². The summed E-state index contributed by atoms with van der Waals surface area (Å²) < 4.78 is 27.1. The van der Waals surface area contributed by atoms with Crippen LogP contribution in [0.1, 0.15) is 22.9 Å². The van der Waals surface area contributed by atoms with Crippen molar-refractivity contribution >= 4 is 11.7 Å². The van der Waals surface area contributed by atoms with E-state index in [9.17, 15) is 9.18 Å². The molecule has 0 radical (unpaired) electrons. The number of anilines is 1. The highest BCUT2D eigenvalue weighted by molar-refractivity contribution is 5.90. The summed E-state index contributed by atoms with van der Waals surface area (Å²) in [4.78, 5) is 15.5. The fourth-order valence-electron chi connectivity index (χ4n) is 4.65. The van der Waals surface area contributed by atoms with Gasteiger partial charge in [0.15, 0.2) is 11.5 Å². The molecular weight excluding hydrogens is 433 g/mol. The SMILES string of the molecule is O=C(Nc1ccc2c(c1)OCCO2)N1Cc2ccccc2-n2cccc2[C@@H]1c1ccc(F)cc1. The molecule has 0 unspecified atom stereocenters. The molecule has 0 bridgehead atoms. The summed E-state index contributed by atoms with van der Waals surface area (Å²) in [7, 11) is 0. The zero-order valence-electron chi connectivity index (χ0n) is 18.3. The number of halogens is 1. The number of aromatic nitrogens is 1. The van der Waals surface area contributed by atoms with E-state index in [-0.39, 0.29) is 11.8 Å². The molecule has 0 saturated carbocycles. The van der Waals surface area contributed by atoms with Crippen LogP contribution in [0, 0.1) is 5.82 Å². The second-order valence-corrected chi connectivity index (χ2v) is 8.30. The van der Waals surface area contributed by atoms with Gasteiger partial charge in [-0.25, -0.2) is 9.18 Å². The largest absolute Gasteiger partial charge is 0.486 e. The second-order valence-electron chi connectivity index (χ2n) is 8.30. The second kappa shape index (κ2) is 8.26. The molecule has 1 atom stereocenters. The van der Waals surface area contributed by atoms with E-state index in [1.54, 1.807) is 35.2 Å². The number of ether oxygens (including phenoxy) is 2. The number of nitrogens with zero attached hydrogens (tertiary/aromatic N) is 2. The zero-order chi connectivity index (χ0) is 23.1. The molecule has 3 heterocycles. The Morgan fingerprint density at radius 3 is 2.56 bits per heavy atom. The number of fused-ring (bicyclic) bond motifs is 4. The van der Waals surface area contributed by atoms with Crippen molar-refractivity contribution < 1.29 is 18.7 Å². The van der Waals surface area contributed by atoms with E-state index in [1.807, 2.05) is 42.6 Å². The lowest BCUT2D eigenvalue weighted by molar-refractivity contribution is 0.171. The van der Waals surface area contributed by atoms with Crippen LogP contribution in [0.15, 0.2) is 85.1 Å². The topological polar surface area (TPSA) is 55.7 Å². The molecule has 6 nitrogen and oxygen atoms in total. The number of rotatable bonds is 2. The fourth-order valence-corrected chi connectivity index (χ4v) is 4.65. The van der Waals surface area contributed by atoms with Crippen LogP contribution in [0.5, 0.6) is 11.5 Å². The first-order valence-corrected chi connectivity index (χ1v) is 11.2. The molecule has 1 N–H and O–H groups in total. The molecule has 0 spiro atoms. The number of hydrogen-bond acceptors (Lipinski definition) is 3. The van der Waals surface area contributed by atoms with E-state index in [1.165, 1.54) is 12.1 Å². The van der Waals surface area contributed by atoms with Crippen molar-refractivity contribution in [2.45, 2.75) is 12.6 Å². The Bertz CT molecular complexity index is 1370. The predicted octanol–water partition coefficient (Wildman–Crippen LogP) is 5.52. The molecule has 170 valence electrons. The molecule has 2 aliphatic heterocycles. The summed E-state index contributed by atoms with van der Waals surface area (Å²) in [6.07, 6.45) is 1.99. The third-order valence-electron chi connectivity index (χ3n) is 6.20. The van der Waals surface area contributed by atoms with Crippen LogP contribution in [0.2, 0.25) is 0 Å². The van der Waals surface area contributed by atoms with Gasteiger partial charge >= 0.3 is 6.03 Å². The van der Waals surface area contributed by atoms with Gasteiger partial charge in [-0.15, -0.1) is 0 Å². The quantitative estimate of drug-likeness (QED) is 0.433. The molecule has 34 heavy (non-hydrogen) atoms. The van der Waals surface area contributed by atoms with Crippen molar-refractivity contribution in [3.63, 3.8) is 0 Å². The molecule has 0 saturated heterocycles. The van der Waals surface area contributed by atoms with Gasteiger partial charge in [-0.3, -0.25) is 0 Å². The lowest BCUT2D eigenvalue weighted by atomic mass is 10.0. The third kappa shape index (κ3) is 3.55. The van der Waals surface area contributed by atoms with Crippen molar-refractivity contribution in [1.82, 2.24) is 9.47 Å². The summed E-state index contributed by atoms with van der Waals surface area (Å²) in [5.74, 6) is 0.951. The van der Waals surface area contributed by atoms with Crippen LogP contribution < -0.4 is 14.8 Å². The average Bonchev–Trinajstić information content (AvgIpc) is 3.29. The maximum atomic E-state index is 13.7. The number of hydrogen-bond donors (Lipinski definition) is 1. The van der Waals surface area contributed by atoms with E-state index in [0.29, 0.717) is 36.9 Å². The first kappa shape index (κ1) is 20.4. The first-order valence-electron chi connectivity index (χ1n) is 11.2. The van der Waals surface area contributed by atoms with Gasteiger partial charge < -0.3 is 24.3 Å². The number of carbonyl (C=O) groups is 1. The summed E-state index contributed by atoms with van der Waals surface area (Å²) in [6, 6.07) is 23.0. The minimum atomic E-state index is -0.416. The van der Waals surface area contributed by atoms with Gasteiger partial charge in [0.25, 0.3) is 0 Å². The molecule has 7 heteroatoms. The van der Waals surface area contributed by atoms with Crippen LogP contribution in [0.4, 0.5) is 14.9 Å². The van der Waals surface area contributed by atoms with E-state index in [2.05, 4.69) is 9.88 Å². The summed E-state index contributed by atoms with van der Waals surface area (Å²) in [5.41, 5.74) is 4.39. The highest BCUT2D eigenvalue weighted by Crippen LogP contribution is 2.38. The highest BCUT2D eigenvalue weighted by Gasteiger charge is 2.33. The molecule has 0 fully saturated rings. The number of benzene rings is 3. The molecule has 2 aliphatic rings. The molecular formula is C27H22FN3O3. The summed E-state index contributed by atoms with van der Waals surface area (Å²) in [6.45, 7) is 1.36. The number of nitrogens with one attached hydrogen (secondary N) is 1. The van der Waals surface area contributed by atoms with Gasteiger partial charge in [0.05, 0.1) is 18.3 Å². The average molecular weight is 455 g/mol. The summed E-state index contributed by atoms with van der Waals surface area (Å²) in [5, 5.41) is 3.02. The molecule has 1 aromatic heterocycles. The first-order chi connectivity index (χ1) is 16.7. The molecule has 6 rings (SSSR count). The Kier molecular flexibility index (Phi) is 4.95.